The molecule has 0 radical (unpaired) electrons. The van der Waals surface area contributed by atoms with Crippen LogP contribution in [-0.4, -0.2) is 100 Å². The number of hydrogen-bond donors (Lipinski definition) is 0. The van der Waals surface area contributed by atoms with Crippen LogP contribution in [0.5, 0.6) is 11.8 Å². The number of hydrogen-bond acceptors (Lipinski definition) is 8. The topological polar surface area (TPSA) is 88.3 Å². The van der Waals surface area contributed by atoms with Gasteiger partial charge in [0.25, 0.3) is 5.91 Å². The van der Waals surface area contributed by atoms with E-state index in [1.54, 1.807) is 6.20 Å². The van der Waals surface area contributed by atoms with Gasteiger partial charge in [-0.25, -0.2) is 15.4 Å². The third kappa shape index (κ3) is 5.86. The molecule has 4 aliphatic rings. The molecule has 13 heteroatoms. The fourth-order valence-electron chi connectivity index (χ4n) is 7.86. The summed E-state index contributed by atoms with van der Waals surface area (Å²) in [5.74, 6) is -0.904. The molecule has 2 aromatic carbocycles. The van der Waals surface area contributed by atoms with Gasteiger partial charge in [0.05, 0.1) is 17.0 Å². The van der Waals surface area contributed by atoms with Crippen LogP contribution in [0.25, 0.3) is 37.8 Å². The number of amides is 1. The molecule has 8 rings (SSSR count). The number of carbonyl (C=O) groups is 1. The molecule has 1 saturated carbocycles. The average molecular weight is 700 g/mol. The summed E-state index contributed by atoms with van der Waals surface area (Å²) in [6.45, 7) is 12.8. The van der Waals surface area contributed by atoms with Crippen LogP contribution in [0.4, 0.5) is 14.6 Å². The first-order valence-electron chi connectivity index (χ1n) is 17.0. The number of fused-ring (bicyclic) bond motifs is 3. The summed E-state index contributed by atoms with van der Waals surface area (Å²) in [5.41, 5.74) is 1.46. The van der Waals surface area contributed by atoms with Crippen LogP contribution < -0.4 is 14.4 Å². The van der Waals surface area contributed by atoms with Crippen LogP contribution in [0.1, 0.15) is 32.1 Å². The molecule has 5 heterocycles. The van der Waals surface area contributed by atoms with Crippen LogP contribution in [0.15, 0.2) is 55.0 Å². The van der Waals surface area contributed by atoms with Crippen molar-refractivity contribution < 1.29 is 23.0 Å². The number of alkyl halides is 1. The number of anilines is 1. The number of carbonyl (C=O) groups excluding carboxylic acids is 1. The molecule has 0 spiro atoms. The van der Waals surface area contributed by atoms with E-state index in [4.69, 9.17) is 42.6 Å². The second-order valence-electron chi connectivity index (χ2n) is 13.7. The molecule has 0 N–H and O–H groups in total. The molecular weight excluding hydrogens is 664 g/mol. The van der Waals surface area contributed by atoms with Gasteiger partial charge in [0.15, 0.2) is 11.6 Å². The summed E-state index contributed by atoms with van der Waals surface area (Å²) in [5, 5.41) is 2.99. The molecule has 4 fully saturated rings. The van der Waals surface area contributed by atoms with Crippen molar-refractivity contribution in [2.45, 2.75) is 56.0 Å². The Labute approximate surface area is 293 Å². The number of rotatable bonds is 9. The van der Waals surface area contributed by atoms with Gasteiger partial charge in [0.2, 0.25) is 6.54 Å². The zero-order chi connectivity index (χ0) is 34.6. The van der Waals surface area contributed by atoms with E-state index in [1.807, 2.05) is 41.3 Å². The van der Waals surface area contributed by atoms with Crippen molar-refractivity contribution in [3.63, 3.8) is 0 Å². The molecule has 1 amide bonds. The predicted octanol–water partition coefficient (Wildman–Crippen LogP) is 6.41. The van der Waals surface area contributed by atoms with Gasteiger partial charge in [0.1, 0.15) is 35.8 Å². The maximum atomic E-state index is 14.6. The van der Waals surface area contributed by atoms with Gasteiger partial charge >= 0.3 is 6.01 Å². The van der Waals surface area contributed by atoms with Gasteiger partial charge in [-0.2, -0.15) is 9.97 Å². The molecule has 50 heavy (non-hydrogen) atoms. The molecular formula is C37H36ClF2N7O3. The van der Waals surface area contributed by atoms with E-state index in [1.165, 1.54) is 4.90 Å². The number of aromatic nitrogens is 3. The van der Waals surface area contributed by atoms with E-state index in [0.717, 1.165) is 48.6 Å². The van der Waals surface area contributed by atoms with Gasteiger partial charge < -0.3 is 24.1 Å². The standard InChI is InChI=1S/C37H36ClF2N7O3/c1-22(39)35(48)47-15-14-45(20-25(47)17-41-2)34-28-18-42-31(27-8-3-6-23-7-4-9-29(38)30(23)27)33(50-26-10-11-26)32(28)43-36(44-34)49-21-37-12-5-13-46(37)19-24(40)16-37/h3-4,6-9,18,24-26H,1,5,10-17,19-21H2/t24-,25+,37+/m1/s1. The lowest BCUT2D eigenvalue weighted by atomic mass is 9.95. The SMILES string of the molecule is [C-]#[N+]C[C@H]1CN(c2nc(OC[C@@]34CCCN3C[C@H](F)C4)nc3c(OC4CC4)c(-c4cccc5cccc(Cl)c45)ncc23)CCN1C(=O)C(=C)F. The number of ether oxygens (including phenoxy) is 2. The maximum Gasteiger partial charge on any atom is 0.319 e. The Balaban J connectivity index is 1.27. The normalized spacial score (nSPS) is 23.6. The van der Waals surface area contributed by atoms with E-state index in [0.29, 0.717) is 52.7 Å². The minimum atomic E-state index is -1.06. The van der Waals surface area contributed by atoms with Crippen molar-refractivity contribution in [3.05, 3.63) is 71.4 Å². The Morgan fingerprint density at radius 1 is 1.14 bits per heavy atom. The molecule has 0 unspecified atom stereocenters. The van der Waals surface area contributed by atoms with Crippen molar-refractivity contribution in [2.75, 3.05) is 50.8 Å². The van der Waals surface area contributed by atoms with Crippen molar-refractivity contribution in [1.29, 1.82) is 0 Å². The monoisotopic (exact) mass is 699 g/mol. The van der Waals surface area contributed by atoms with Gasteiger partial charge in [-0.05, 0) is 43.7 Å². The highest BCUT2D eigenvalue weighted by Crippen LogP contribution is 2.45. The minimum absolute atomic E-state index is 0.00769. The Bertz CT molecular complexity index is 2050. The average Bonchev–Trinajstić information content (AvgIpc) is 3.77. The molecule has 4 aromatic rings. The number of piperazine rings is 1. The van der Waals surface area contributed by atoms with Crippen LogP contribution in [0.2, 0.25) is 5.02 Å². The summed E-state index contributed by atoms with van der Waals surface area (Å²) in [6, 6.07) is 11.2. The fourth-order valence-corrected chi connectivity index (χ4v) is 8.15. The number of benzene rings is 2. The zero-order valence-corrected chi connectivity index (χ0v) is 28.2. The third-order valence-electron chi connectivity index (χ3n) is 10.4. The number of pyridine rings is 1. The Morgan fingerprint density at radius 3 is 2.74 bits per heavy atom. The van der Waals surface area contributed by atoms with Crippen molar-refractivity contribution in [2.24, 2.45) is 0 Å². The van der Waals surface area contributed by atoms with Crippen molar-refractivity contribution >= 4 is 45.0 Å². The number of halogens is 3. The molecule has 0 bridgehead atoms. The molecule has 10 nitrogen and oxygen atoms in total. The summed E-state index contributed by atoms with van der Waals surface area (Å²) in [4.78, 5) is 36.6. The van der Waals surface area contributed by atoms with Gasteiger partial charge in [-0.3, -0.25) is 14.7 Å². The summed E-state index contributed by atoms with van der Waals surface area (Å²) in [6.07, 6.45) is 4.78. The fraction of sp³-hybridized carbons (Fsp3) is 0.432. The van der Waals surface area contributed by atoms with Crippen LogP contribution >= 0.6 is 11.6 Å². The highest BCUT2D eigenvalue weighted by molar-refractivity contribution is 6.36. The van der Waals surface area contributed by atoms with E-state index < -0.39 is 29.5 Å². The largest absolute Gasteiger partial charge is 0.486 e. The lowest BCUT2D eigenvalue weighted by molar-refractivity contribution is -0.131. The Kier molecular flexibility index (Phi) is 8.43. The van der Waals surface area contributed by atoms with Crippen molar-refractivity contribution in [1.82, 2.24) is 24.8 Å². The van der Waals surface area contributed by atoms with Gasteiger partial charge in [0, 0.05) is 54.8 Å². The first kappa shape index (κ1) is 32.6. The first-order chi connectivity index (χ1) is 24.2. The van der Waals surface area contributed by atoms with Crippen LogP contribution in [0, 0.1) is 6.57 Å². The first-order valence-corrected chi connectivity index (χ1v) is 17.4. The van der Waals surface area contributed by atoms with Crippen LogP contribution in [-0.2, 0) is 4.79 Å². The minimum Gasteiger partial charge on any atom is -0.486 e. The highest BCUT2D eigenvalue weighted by Gasteiger charge is 2.49. The quantitative estimate of drug-likeness (QED) is 0.146. The maximum absolute atomic E-state index is 14.6. The van der Waals surface area contributed by atoms with Gasteiger partial charge in [-0.15, -0.1) is 0 Å². The second kappa shape index (κ2) is 12.9. The second-order valence-corrected chi connectivity index (χ2v) is 14.1. The van der Waals surface area contributed by atoms with E-state index in [9.17, 15) is 13.6 Å². The number of nitrogens with zero attached hydrogens (tertiary/aromatic N) is 7. The molecule has 1 aliphatic carbocycles. The molecule has 258 valence electrons. The Hall–Kier alpha value is -4.60. The molecule has 3 atom stereocenters. The Morgan fingerprint density at radius 2 is 1.96 bits per heavy atom. The van der Waals surface area contributed by atoms with Crippen LogP contribution in [0.3, 0.4) is 0 Å². The summed E-state index contributed by atoms with van der Waals surface area (Å²) in [7, 11) is 0. The summed E-state index contributed by atoms with van der Waals surface area (Å²) < 4.78 is 41.7. The summed E-state index contributed by atoms with van der Waals surface area (Å²) >= 11 is 6.77. The van der Waals surface area contributed by atoms with Gasteiger partial charge in [-0.1, -0.05) is 48.5 Å². The lowest BCUT2D eigenvalue weighted by Crippen LogP contribution is -2.56. The van der Waals surface area contributed by atoms with E-state index in [2.05, 4.69) is 16.3 Å². The van der Waals surface area contributed by atoms with E-state index >= 15 is 0 Å². The lowest BCUT2D eigenvalue weighted by Gasteiger charge is -2.39. The molecule has 2 aromatic heterocycles. The molecule has 3 aliphatic heterocycles. The predicted molar refractivity (Wildman–Crippen MR) is 187 cm³/mol. The van der Waals surface area contributed by atoms with E-state index in [-0.39, 0.29) is 38.4 Å². The smallest absolute Gasteiger partial charge is 0.319 e. The van der Waals surface area contributed by atoms with Crippen molar-refractivity contribution in [3.8, 4) is 23.0 Å². The highest BCUT2D eigenvalue weighted by atomic mass is 35.5. The third-order valence-corrected chi connectivity index (χ3v) is 10.7. The zero-order valence-electron chi connectivity index (χ0n) is 27.5. The molecule has 3 saturated heterocycles.